The molecule has 0 aromatic heterocycles. The zero-order valence-electron chi connectivity index (χ0n) is 17.9. The normalized spacial score (nSPS) is 22.4. The fourth-order valence-corrected chi connectivity index (χ4v) is 4.54. The Labute approximate surface area is 174 Å². The lowest BCUT2D eigenvalue weighted by Crippen LogP contribution is -2.49. The van der Waals surface area contributed by atoms with Gasteiger partial charge in [-0.15, -0.1) is 0 Å². The van der Waals surface area contributed by atoms with Gasteiger partial charge < -0.3 is 24.6 Å². The molecule has 0 bridgehead atoms. The van der Waals surface area contributed by atoms with Gasteiger partial charge in [0.25, 0.3) is 5.91 Å². The lowest BCUT2D eigenvalue weighted by Gasteiger charge is -2.41. The molecule has 1 N–H and O–H groups in total. The van der Waals surface area contributed by atoms with E-state index >= 15 is 0 Å². The summed E-state index contributed by atoms with van der Waals surface area (Å²) in [6, 6.07) is 6.56. The van der Waals surface area contributed by atoms with Gasteiger partial charge >= 0.3 is 0 Å². The van der Waals surface area contributed by atoms with Gasteiger partial charge in [0.05, 0.1) is 12.7 Å². The fourth-order valence-electron chi connectivity index (χ4n) is 4.54. The Bertz CT molecular complexity index is 691. The van der Waals surface area contributed by atoms with E-state index < -0.39 is 0 Å². The molecule has 0 radical (unpaired) electrons. The minimum atomic E-state index is -0.0368. The van der Waals surface area contributed by atoms with E-state index in [9.17, 15) is 4.79 Å². The molecular weight excluding hydrogens is 366 g/mol. The average Bonchev–Trinajstić information content (AvgIpc) is 3.58. The van der Waals surface area contributed by atoms with Crippen molar-refractivity contribution in [1.82, 2.24) is 15.1 Å². The number of methoxy groups -OCH3 is 1. The van der Waals surface area contributed by atoms with Crippen molar-refractivity contribution in [3.63, 3.8) is 0 Å². The largest absolute Gasteiger partial charge is 0.497 e. The fraction of sp³-hybridized carbons (Fsp3) is 0.696. The van der Waals surface area contributed by atoms with E-state index in [2.05, 4.69) is 22.0 Å². The highest BCUT2D eigenvalue weighted by atomic mass is 16.5. The van der Waals surface area contributed by atoms with Gasteiger partial charge in [0.2, 0.25) is 0 Å². The SMILES string of the molecule is CCN1CCC(N2CCC(Oc3cc(OC)ccc3C(=O)NC3CC3)CC2)CC1. The van der Waals surface area contributed by atoms with Crippen LogP contribution in [-0.2, 0) is 0 Å². The van der Waals surface area contributed by atoms with Gasteiger partial charge in [-0.3, -0.25) is 4.79 Å². The number of benzene rings is 1. The van der Waals surface area contributed by atoms with Crippen LogP contribution in [0.2, 0.25) is 0 Å². The number of carbonyl (C=O) groups is 1. The van der Waals surface area contributed by atoms with E-state index in [4.69, 9.17) is 9.47 Å². The van der Waals surface area contributed by atoms with Gasteiger partial charge in [-0.2, -0.15) is 0 Å². The molecule has 4 rings (SSSR count). The molecule has 3 aliphatic rings. The molecule has 3 fully saturated rings. The van der Waals surface area contributed by atoms with E-state index in [1.165, 1.54) is 32.5 Å². The summed E-state index contributed by atoms with van der Waals surface area (Å²) < 4.78 is 11.7. The van der Waals surface area contributed by atoms with Crippen molar-refractivity contribution in [1.29, 1.82) is 0 Å². The second kappa shape index (κ2) is 9.35. The average molecular weight is 402 g/mol. The Morgan fingerprint density at radius 2 is 1.79 bits per heavy atom. The van der Waals surface area contributed by atoms with Crippen LogP contribution < -0.4 is 14.8 Å². The number of amides is 1. The van der Waals surface area contributed by atoms with Crippen LogP contribution in [0.25, 0.3) is 0 Å². The number of rotatable bonds is 7. The minimum absolute atomic E-state index is 0.0368. The zero-order chi connectivity index (χ0) is 20.2. The first-order chi connectivity index (χ1) is 14.2. The predicted octanol–water partition coefficient (Wildman–Crippen LogP) is 2.91. The Hall–Kier alpha value is -1.79. The van der Waals surface area contributed by atoms with Gasteiger partial charge in [0.1, 0.15) is 17.6 Å². The summed E-state index contributed by atoms with van der Waals surface area (Å²) in [5.41, 5.74) is 0.618. The molecule has 1 amide bonds. The Kier molecular flexibility index (Phi) is 6.60. The number of nitrogens with one attached hydrogen (secondary N) is 1. The lowest BCUT2D eigenvalue weighted by atomic mass is 9.99. The van der Waals surface area contributed by atoms with Gasteiger partial charge in [0.15, 0.2) is 0 Å². The van der Waals surface area contributed by atoms with Crippen molar-refractivity contribution in [3.8, 4) is 11.5 Å². The highest BCUT2D eigenvalue weighted by molar-refractivity contribution is 5.97. The molecule has 1 saturated carbocycles. The van der Waals surface area contributed by atoms with Crippen LogP contribution in [0, 0.1) is 0 Å². The molecule has 160 valence electrons. The summed E-state index contributed by atoms with van der Waals surface area (Å²) in [4.78, 5) is 17.8. The zero-order valence-corrected chi connectivity index (χ0v) is 17.9. The van der Waals surface area contributed by atoms with Gasteiger partial charge in [-0.1, -0.05) is 6.92 Å². The molecule has 0 unspecified atom stereocenters. The summed E-state index contributed by atoms with van der Waals surface area (Å²) in [7, 11) is 1.64. The van der Waals surface area contributed by atoms with Crippen molar-refractivity contribution < 1.29 is 14.3 Å². The summed E-state index contributed by atoms with van der Waals surface area (Å²) in [6.07, 6.45) is 6.88. The van der Waals surface area contributed by atoms with Crippen LogP contribution in [0.1, 0.15) is 55.8 Å². The van der Waals surface area contributed by atoms with Crippen LogP contribution in [0.4, 0.5) is 0 Å². The first-order valence-electron chi connectivity index (χ1n) is 11.3. The quantitative estimate of drug-likeness (QED) is 0.761. The Balaban J connectivity index is 1.34. The van der Waals surface area contributed by atoms with Crippen LogP contribution >= 0.6 is 0 Å². The molecule has 0 spiro atoms. The predicted molar refractivity (Wildman–Crippen MR) is 114 cm³/mol. The third-order valence-corrected chi connectivity index (χ3v) is 6.64. The standard InChI is InChI=1S/C23H35N3O3/c1-3-25-12-8-18(9-13-25)26-14-10-19(11-15-26)29-22-16-20(28-2)6-7-21(22)23(27)24-17-4-5-17/h6-7,16-19H,3-5,8-15H2,1-2H3,(H,24,27). The molecule has 1 aromatic rings. The molecule has 2 saturated heterocycles. The Morgan fingerprint density at radius 3 is 2.41 bits per heavy atom. The number of hydrogen-bond acceptors (Lipinski definition) is 5. The number of piperidine rings is 2. The van der Waals surface area contributed by atoms with Gasteiger partial charge in [-0.05, 0) is 70.3 Å². The van der Waals surface area contributed by atoms with Crippen LogP contribution in [0.3, 0.4) is 0 Å². The van der Waals surface area contributed by atoms with E-state index in [1.54, 1.807) is 7.11 Å². The Morgan fingerprint density at radius 1 is 1.07 bits per heavy atom. The number of ether oxygens (including phenoxy) is 2. The molecule has 1 aliphatic carbocycles. The first kappa shape index (κ1) is 20.5. The molecule has 0 atom stereocenters. The molecular formula is C23H35N3O3. The number of nitrogens with zero attached hydrogens (tertiary/aromatic N) is 2. The van der Waals surface area contributed by atoms with E-state index in [0.717, 1.165) is 50.6 Å². The molecule has 6 nitrogen and oxygen atoms in total. The summed E-state index contributed by atoms with van der Waals surface area (Å²) in [5.74, 6) is 1.34. The number of carbonyl (C=O) groups excluding carboxylic acids is 1. The molecule has 6 heteroatoms. The van der Waals surface area contributed by atoms with Crippen LogP contribution in [-0.4, -0.2) is 73.7 Å². The maximum atomic E-state index is 12.6. The highest BCUT2D eigenvalue weighted by Gasteiger charge is 2.30. The molecule has 2 heterocycles. The summed E-state index contributed by atoms with van der Waals surface area (Å²) in [5, 5.41) is 3.07. The van der Waals surface area contributed by atoms with E-state index in [0.29, 0.717) is 17.4 Å². The second-order valence-electron chi connectivity index (χ2n) is 8.63. The van der Waals surface area contributed by atoms with Gasteiger partial charge in [-0.25, -0.2) is 0 Å². The van der Waals surface area contributed by atoms with Crippen LogP contribution in [0.15, 0.2) is 18.2 Å². The summed E-state index contributed by atoms with van der Waals surface area (Å²) in [6.45, 7) is 8.02. The summed E-state index contributed by atoms with van der Waals surface area (Å²) >= 11 is 0. The van der Waals surface area contributed by atoms with E-state index in [1.807, 2.05) is 18.2 Å². The van der Waals surface area contributed by atoms with Crippen molar-refractivity contribution in [2.45, 2.75) is 63.6 Å². The number of hydrogen-bond donors (Lipinski definition) is 1. The molecule has 29 heavy (non-hydrogen) atoms. The smallest absolute Gasteiger partial charge is 0.255 e. The van der Waals surface area contributed by atoms with Crippen molar-refractivity contribution in [2.24, 2.45) is 0 Å². The third kappa shape index (κ3) is 5.23. The van der Waals surface area contributed by atoms with E-state index in [-0.39, 0.29) is 12.0 Å². The minimum Gasteiger partial charge on any atom is -0.497 e. The van der Waals surface area contributed by atoms with Crippen molar-refractivity contribution >= 4 is 5.91 Å². The highest BCUT2D eigenvalue weighted by Crippen LogP contribution is 2.30. The van der Waals surface area contributed by atoms with Gasteiger partial charge in [0, 0.05) is 31.2 Å². The monoisotopic (exact) mass is 401 g/mol. The van der Waals surface area contributed by atoms with Crippen LogP contribution in [0.5, 0.6) is 11.5 Å². The molecule has 1 aromatic carbocycles. The molecule has 2 aliphatic heterocycles. The first-order valence-corrected chi connectivity index (χ1v) is 11.3. The topological polar surface area (TPSA) is 54.0 Å². The number of likely N-dealkylation sites (tertiary alicyclic amines) is 2. The maximum Gasteiger partial charge on any atom is 0.255 e. The van der Waals surface area contributed by atoms with Crippen molar-refractivity contribution in [2.75, 3.05) is 39.8 Å². The third-order valence-electron chi connectivity index (χ3n) is 6.64. The second-order valence-corrected chi connectivity index (χ2v) is 8.63. The lowest BCUT2D eigenvalue weighted by molar-refractivity contribution is 0.0489. The maximum absolute atomic E-state index is 12.6. The van der Waals surface area contributed by atoms with Crippen molar-refractivity contribution in [3.05, 3.63) is 23.8 Å².